The molecule has 0 aliphatic rings. The number of rotatable bonds is 5. The Hall–Kier alpha value is -3.68. The molecule has 2 aromatic rings. The van der Waals surface area contributed by atoms with Crippen LogP contribution >= 0.6 is 0 Å². The van der Waals surface area contributed by atoms with Crippen LogP contribution in [0.2, 0.25) is 0 Å². The topological polar surface area (TPSA) is 147 Å². The lowest BCUT2D eigenvalue weighted by molar-refractivity contribution is 0.0683. The van der Waals surface area contributed by atoms with Crippen LogP contribution < -0.4 is 11.1 Å². The maximum absolute atomic E-state index is 11.9. The number of aromatic carboxylic acids is 2. The highest BCUT2D eigenvalue weighted by molar-refractivity contribution is 6.07. The molecule has 0 aliphatic carbocycles. The number of primary amides is 1. The predicted octanol–water partition coefficient (Wildman–Crippen LogP) is 1.21. The van der Waals surface area contributed by atoms with E-state index in [9.17, 15) is 24.3 Å². The summed E-state index contributed by atoms with van der Waals surface area (Å²) >= 11 is 0. The molecular weight excluding hydrogens is 328 g/mol. The largest absolute Gasteiger partial charge is 0.478 e. The SMILES string of the molecule is CNC(=O)c1cc(-c2ccc(C(=O)O)c(C(N)=O)c2)ccc1C(=O)O. The van der Waals surface area contributed by atoms with E-state index in [2.05, 4.69) is 5.32 Å². The molecule has 2 aromatic carbocycles. The summed E-state index contributed by atoms with van der Waals surface area (Å²) in [6.07, 6.45) is 0. The molecule has 2 rings (SSSR count). The van der Waals surface area contributed by atoms with Crippen molar-refractivity contribution >= 4 is 23.8 Å². The van der Waals surface area contributed by atoms with Gasteiger partial charge in [0.25, 0.3) is 5.91 Å². The zero-order chi connectivity index (χ0) is 18.7. The van der Waals surface area contributed by atoms with E-state index in [0.29, 0.717) is 11.1 Å². The van der Waals surface area contributed by atoms with Gasteiger partial charge in [-0.2, -0.15) is 0 Å². The van der Waals surface area contributed by atoms with E-state index in [0.717, 1.165) is 0 Å². The van der Waals surface area contributed by atoms with Crippen molar-refractivity contribution in [2.75, 3.05) is 7.05 Å². The third-order valence-corrected chi connectivity index (χ3v) is 3.57. The molecule has 0 saturated heterocycles. The van der Waals surface area contributed by atoms with E-state index < -0.39 is 23.8 Å². The maximum atomic E-state index is 11.9. The zero-order valence-corrected chi connectivity index (χ0v) is 13.1. The first-order chi connectivity index (χ1) is 11.8. The van der Waals surface area contributed by atoms with E-state index in [1.165, 1.54) is 43.4 Å². The second-order valence-corrected chi connectivity index (χ2v) is 5.07. The third kappa shape index (κ3) is 3.47. The number of amides is 2. The van der Waals surface area contributed by atoms with E-state index in [-0.39, 0.29) is 22.3 Å². The van der Waals surface area contributed by atoms with Crippen molar-refractivity contribution in [3.63, 3.8) is 0 Å². The number of nitrogens with one attached hydrogen (secondary N) is 1. The van der Waals surface area contributed by atoms with Gasteiger partial charge in [-0.3, -0.25) is 9.59 Å². The number of benzene rings is 2. The molecule has 8 nitrogen and oxygen atoms in total. The molecule has 0 fully saturated rings. The lowest BCUT2D eigenvalue weighted by Gasteiger charge is -2.10. The maximum Gasteiger partial charge on any atom is 0.336 e. The Bertz CT molecular complexity index is 904. The normalized spacial score (nSPS) is 10.1. The Balaban J connectivity index is 2.64. The quantitative estimate of drug-likeness (QED) is 0.642. The molecule has 0 radical (unpaired) electrons. The van der Waals surface area contributed by atoms with Crippen LogP contribution in [0.1, 0.15) is 41.4 Å². The molecule has 0 aliphatic heterocycles. The summed E-state index contributed by atoms with van der Waals surface area (Å²) in [5.41, 5.74) is 5.40. The van der Waals surface area contributed by atoms with Gasteiger partial charge in [0.2, 0.25) is 5.91 Å². The zero-order valence-electron chi connectivity index (χ0n) is 13.1. The number of carbonyl (C=O) groups is 4. The molecule has 25 heavy (non-hydrogen) atoms. The Morgan fingerprint density at radius 3 is 1.64 bits per heavy atom. The van der Waals surface area contributed by atoms with Crippen LogP contribution in [-0.2, 0) is 0 Å². The summed E-state index contributed by atoms with van der Waals surface area (Å²) in [4.78, 5) is 45.8. The molecule has 0 heterocycles. The molecule has 0 unspecified atom stereocenters. The summed E-state index contributed by atoms with van der Waals surface area (Å²) in [7, 11) is 1.37. The van der Waals surface area contributed by atoms with Gasteiger partial charge in [0, 0.05) is 7.05 Å². The van der Waals surface area contributed by atoms with Crippen molar-refractivity contribution < 1.29 is 29.4 Å². The van der Waals surface area contributed by atoms with Crippen LogP contribution in [-0.4, -0.2) is 41.0 Å². The standard InChI is InChI=1S/C17H14N2O6/c1-19-15(21)13-7-9(3-5-11(13)17(24)25)8-2-4-10(16(22)23)12(6-8)14(18)20/h2-7H,1H3,(H2,18,20)(H,19,21)(H,22,23)(H,24,25). The van der Waals surface area contributed by atoms with Crippen molar-refractivity contribution in [3.8, 4) is 11.1 Å². The van der Waals surface area contributed by atoms with Crippen LogP contribution in [0.15, 0.2) is 36.4 Å². The van der Waals surface area contributed by atoms with Gasteiger partial charge in [-0.15, -0.1) is 0 Å². The first-order valence-corrected chi connectivity index (χ1v) is 7.03. The van der Waals surface area contributed by atoms with Crippen molar-refractivity contribution in [3.05, 3.63) is 58.7 Å². The first-order valence-electron chi connectivity index (χ1n) is 7.03. The average molecular weight is 342 g/mol. The number of carbonyl (C=O) groups excluding carboxylic acids is 2. The van der Waals surface area contributed by atoms with Crippen molar-refractivity contribution in [2.24, 2.45) is 5.73 Å². The summed E-state index contributed by atoms with van der Waals surface area (Å²) in [5.74, 6) is -4.05. The first kappa shape index (κ1) is 17.7. The molecule has 5 N–H and O–H groups in total. The summed E-state index contributed by atoms with van der Waals surface area (Å²) in [5, 5.41) is 20.6. The van der Waals surface area contributed by atoms with Crippen molar-refractivity contribution in [2.45, 2.75) is 0 Å². The van der Waals surface area contributed by atoms with Gasteiger partial charge in [-0.05, 0) is 35.4 Å². The fourth-order valence-corrected chi connectivity index (χ4v) is 2.35. The molecular formula is C17H14N2O6. The fourth-order valence-electron chi connectivity index (χ4n) is 2.35. The minimum absolute atomic E-state index is 0.0598. The predicted molar refractivity (Wildman–Crippen MR) is 87.7 cm³/mol. The van der Waals surface area contributed by atoms with Crippen LogP contribution in [0.4, 0.5) is 0 Å². The van der Waals surface area contributed by atoms with E-state index in [4.69, 9.17) is 10.8 Å². The van der Waals surface area contributed by atoms with Crippen LogP contribution in [0.3, 0.4) is 0 Å². The number of hydrogen-bond donors (Lipinski definition) is 4. The average Bonchev–Trinajstić information content (AvgIpc) is 2.59. The number of carboxylic acid groups (broad SMARTS) is 2. The van der Waals surface area contributed by atoms with Gasteiger partial charge in [0.15, 0.2) is 0 Å². The summed E-state index contributed by atoms with van der Waals surface area (Å²) in [6.45, 7) is 0. The van der Waals surface area contributed by atoms with Crippen molar-refractivity contribution in [1.82, 2.24) is 5.32 Å². The lowest BCUT2D eigenvalue weighted by atomic mass is 9.95. The minimum Gasteiger partial charge on any atom is -0.478 e. The molecule has 0 atom stereocenters. The molecule has 8 heteroatoms. The van der Waals surface area contributed by atoms with E-state index in [1.807, 2.05) is 0 Å². The highest BCUT2D eigenvalue weighted by atomic mass is 16.4. The Labute approximate surface area is 141 Å². The lowest BCUT2D eigenvalue weighted by Crippen LogP contribution is -2.21. The van der Waals surface area contributed by atoms with E-state index >= 15 is 0 Å². The van der Waals surface area contributed by atoms with Gasteiger partial charge in [-0.1, -0.05) is 12.1 Å². The van der Waals surface area contributed by atoms with Crippen LogP contribution in [0, 0.1) is 0 Å². The Morgan fingerprint density at radius 1 is 0.800 bits per heavy atom. The molecule has 0 aromatic heterocycles. The monoisotopic (exact) mass is 342 g/mol. The molecule has 0 bridgehead atoms. The summed E-state index contributed by atoms with van der Waals surface area (Å²) < 4.78 is 0. The second kappa shape index (κ2) is 6.83. The van der Waals surface area contributed by atoms with Gasteiger partial charge in [-0.25, -0.2) is 9.59 Å². The number of carboxylic acids is 2. The Kier molecular flexibility index (Phi) is 4.83. The second-order valence-electron chi connectivity index (χ2n) is 5.07. The summed E-state index contributed by atoms with van der Waals surface area (Å²) in [6, 6.07) is 8.02. The van der Waals surface area contributed by atoms with E-state index in [1.54, 1.807) is 0 Å². The molecule has 128 valence electrons. The molecule has 0 spiro atoms. The van der Waals surface area contributed by atoms with Crippen LogP contribution in [0.25, 0.3) is 11.1 Å². The number of hydrogen-bond acceptors (Lipinski definition) is 4. The Morgan fingerprint density at radius 2 is 1.24 bits per heavy atom. The van der Waals surface area contributed by atoms with Gasteiger partial charge in [0.1, 0.15) is 0 Å². The van der Waals surface area contributed by atoms with Crippen molar-refractivity contribution in [1.29, 1.82) is 0 Å². The van der Waals surface area contributed by atoms with Crippen LogP contribution in [0.5, 0.6) is 0 Å². The number of nitrogens with two attached hydrogens (primary N) is 1. The van der Waals surface area contributed by atoms with Gasteiger partial charge < -0.3 is 21.3 Å². The smallest absolute Gasteiger partial charge is 0.336 e. The fraction of sp³-hybridized carbons (Fsp3) is 0.0588. The third-order valence-electron chi connectivity index (χ3n) is 3.57. The molecule has 2 amide bonds. The van der Waals surface area contributed by atoms with Gasteiger partial charge >= 0.3 is 11.9 Å². The highest BCUT2D eigenvalue weighted by Gasteiger charge is 2.19. The highest BCUT2D eigenvalue weighted by Crippen LogP contribution is 2.25. The minimum atomic E-state index is -1.30. The molecule has 0 saturated carbocycles. The van der Waals surface area contributed by atoms with Gasteiger partial charge in [0.05, 0.1) is 22.3 Å².